The van der Waals surface area contributed by atoms with Crippen LogP contribution < -0.4 is 10.1 Å². The third kappa shape index (κ3) is 2.84. The lowest BCUT2D eigenvalue weighted by Crippen LogP contribution is -2.14. The van der Waals surface area contributed by atoms with E-state index in [2.05, 4.69) is 15.3 Å². The quantitative estimate of drug-likeness (QED) is 0.600. The Morgan fingerprint density at radius 1 is 1.04 bits per heavy atom. The van der Waals surface area contributed by atoms with Gasteiger partial charge in [0, 0.05) is 17.0 Å². The minimum absolute atomic E-state index is 0.198. The van der Waals surface area contributed by atoms with Crippen molar-refractivity contribution in [2.24, 2.45) is 0 Å². The monoisotopic (exact) mass is 343 g/mol. The third-order valence-corrected chi connectivity index (χ3v) is 4.35. The van der Waals surface area contributed by atoms with Gasteiger partial charge in [-0.25, -0.2) is 0 Å². The molecule has 26 heavy (non-hydrogen) atoms. The Hall–Kier alpha value is -3.47. The second kappa shape index (κ2) is 6.44. The highest BCUT2D eigenvalue weighted by atomic mass is 16.5. The van der Waals surface area contributed by atoms with Crippen molar-refractivity contribution < 1.29 is 9.53 Å². The lowest BCUT2D eigenvalue weighted by Gasteiger charge is -2.11. The maximum Gasteiger partial charge on any atom is 0.257 e. The molecule has 0 unspecified atom stereocenters. The van der Waals surface area contributed by atoms with Crippen LogP contribution in [-0.4, -0.2) is 23.0 Å². The Morgan fingerprint density at radius 3 is 2.77 bits per heavy atom. The average molecular weight is 343 g/mol. The summed E-state index contributed by atoms with van der Waals surface area (Å²) < 4.78 is 5.26. The van der Waals surface area contributed by atoms with E-state index in [4.69, 9.17) is 4.74 Å². The van der Waals surface area contributed by atoms with Crippen molar-refractivity contribution >= 4 is 33.4 Å². The van der Waals surface area contributed by atoms with Crippen molar-refractivity contribution in [2.75, 3.05) is 12.4 Å². The number of nitrogens with zero attached hydrogens (tertiary/aromatic N) is 2. The van der Waals surface area contributed by atoms with E-state index in [1.54, 1.807) is 13.3 Å². The first-order valence-electron chi connectivity index (χ1n) is 8.26. The van der Waals surface area contributed by atoms with E-state index >= 15 is 0 Å². The van der Waals surface area contributed by atoms with E-state index in [9.17, 15) is 4.79 Å². The zero-order valence-corrected chi connectivity index (χ0v) is 14.5. The molecule has 2 aromatic carbocycles. The Morgan fingerprint density at radius 2 is 1.92 bits per heavy atom. The number of carbonyl (C=O) groups is 1. The molecule has 1 N–H and O–H groups in total. The molecule has 0 aliphatic carbocycles. The molecule has 0 saturated carbocycles. The van der Waals surface area contributed by atoms with Crippen LogP contribution in [0.5, 0.6) is 5.75 Å². The summed E-state index contributed by atoms with van der Waals surface area (Å²) in [4.78, 5) is 21.7. The molecule has 0 radical (unpaired) electrons. The fourth-order valence-electron chi connectivity index (χ4n) is 3.01. The summed E-state index contributed by atoms with van der Waals surface area (Å²) in [6.45, 7) is 1.84. The molecule has 5 heteroatoms. The number of hydrogen-bond donors (Lipinski definition) is 1. The number of ether oxygens (including phenoxy) is 1. The number of fused-ring (bicyclic) bond motifs is 2. The summed E-state index contributed by atoms with van der Waals surface area (Å²) in [5, 5.41) is 4.75. The first kappa shape index (κ1) is 16.0. The molecule has 1 amide bonds. The van der Waals surface area contributed by atoms with Crippen molar-refractivity contribution in [1.82, 2.24) is 9.97 Å². The van der Waals surface area contributed by atoms with Gasteiger partial charge in [0.1, 0.15) is 5.75 Å². The van der Waals surface area contributed by atoms with E-state index in [0.717, 1.165) is 33.2 Å². The highest BCUT2D eigenvalue weighted by Crippen LogP contribution is 2.25. The van der Waals surface area contributed by atoms with Crippen LogP contribution in [0.3, 0.4) is 0 Å². The highest BCUT2D eigenvalue weighted by molar-refractivity contribution is 6.10. The number of pyridine rings is 2. The molecule has 4 rings (SSSR count). The van der Waals surface area contributed by atoms with Gasteiger partial charge in [0.05, 0.1) is 35.1 Å². The van der Waals surface area contributed by atoms with Gasteiger partial charge in [-0.05, 0) is 55.5 Å². The van der Waals surface area contributed by atoms with Gasteiger partial charge in [0.2, 0.25) is 0 Å². The van der Waals surface area contributed by atoms with Crippen LogP contribution in [0.1, 0.15) is 16.1 Å². The standard InChI is InChI=1S/C21H17N3O2/c1-13-17(12-14-11-15(26-2)8-9-18(14)23-13)21(25)24-20-7-3-6-19-16(20)5-4-10-22-19/h3-12H,1-2H3,(H,24,25). The Kier molecular flexibility index (Phi) is 3.97. The fraction of sp³-hybridized carbons (Fsp3) is 0.0952. The number of carbonyl (C=O) groups excluding carboxylic acids is 1. The van der Waals surface area contributed by atoms with Crippen molar-refractivity contribution in [3.63, 3.8) is 0 Å². The molecular formula is C21H17N3O2. The van der Waals surface area contributed by atoms with Gasteiger partial charge < -0.3 is 10.1 Å². The summed E-state index contributed by atoms with van der Waals surface area (Å²) in [6.07, 6.45) is 1.73. The van der Waals surface area contributed by atoms with Crippen LogP contribution in [-0.2, 0) is 0 Å². The molecule has 2 aromatic heterocycles. The first-order valence-corrected chi connectivity index (χ1v) is 8.26. The number of hydrogen-bond acceptors (Lipinski definition) is 4. The molecule has 0 bridgehead atoms. The normalized spacial score (nSPS) is 10.8. The van der Waals surface area contributed by atoms with Crippen molar-refractivity contribution in [3.05, 3.63) is 72.1 Å². The minimum Gasteiger partial charge on any atom is -0.497 e. The summed E-state index contributed by atoms with van der Waals surface area (Å²) in [5.74, 6) is 0.533. The highest BCUT2D eigenvalue weighted by Gasteiger charge is 2.14. The molecule has 0 aliphatic rings. The van der Waals surface area contributed by atoms with Gasteiger partial charge in [-0.15, -0.1) is 0 Å². The first-order chi connectivity index (χ1) is 12.7. The molecule has 0 atom stereocenters. The van der Waals surface area contributed by atoms with Gasteiger partial charge in [-0.2, -0.15) is 0 Å². The lowest BCUT2D eigenvalue weighted by molar-refractivity contribution is 0.102. The largest absolute Gasteiger partial charge is 0.497 e. The number of methoxy groups -OCH3 is 1. The van der Waals surface area contributed by atoms with E-state index in [-0.39, 0.29) is 5.91 Å². The van der Waals surface area contributed by atoms with Crippen LogP contribution in [0.2, 0.25) is 0 Å². The van der Waals surface area contributed by atoms with E-state index in [0.29, 0.717) is 11.3 Å². The second-order valence-electron chi connectivity index (χ2n) is 6.01. The van der Waals surface area contributed by atoms with Gasteiger partial charge in [0.25, 0.3) is 5.91 Å². The molecular weight excluding hydrogens is 326 g/mol. The molecule has 0 fully saturated rings. The summed E-state index contributed by atoms with van der Waals surface area (Å²) >= 11 is 0. The van der Waals surface area contributed by atoms with Crippen LogP contribution >= 0.6 is 0 Å². The van der Waals surface area contributed by atoms with Crippen molar-refractivity contribution in [2.45, 2.75) is 6.92 Å². The summed E-state index contributed by atoms with van der Waals surface area (Å²) in [7, 11) is 1.62. The second-order valence-corrected chi connectivity index (χ2v) is 6.01. The van der Waals surface area contributed by atoms with E-state index in [1.807, 2.05) is 61.5 Å². The summed E-state index contributed by atoms with van der Waals surface area (Å²) in [5.41, 5.74) is 3.61. The molecule has 2 heterocycles. The predicted octanol–water partition coefficient (Wildman–Crippen LogP) is 4.35. The molecule has 0 aliphatic heterocycles. The number of anilines is 1. The van der Waals surface area contributed by atoms with Gasteiger partial charge in [-0.1, -0.05) is 6.07 Å². The number of rotatable bonds is 3. The number of benzene rings is 2. The third-order valence-electron chi connectivity index (χ3n) is 4.35. The number of aromatic nitrogens is 2. The SMILES string of the molecule is COc1ccc2nc(C)c(C(=O)Nc3cccc4ncccc34)cc2c1. The van der Waals surface area contributed by atoms with Crippen LogP contribution in [0.15, 0.2) is 60.8 Å². The lowest BCUT2D eigenvalue weighted by atomic mass is 10.1. The molecule has 4 aromatic rings. The fourth-order valence-corrected chi connectivity index (χ4v) is 3.01. The smallest absolute Gasteiger partial charge is 0.257 e. The molecule has 5 nitrogen and oxygen atoms in total. The number of nitrogens with one attached hydrogen (secondary N) is 1. The van der Waals surface area contributed by atoms with Crippen LogP contribution in [0.25, 0.3) is 21.8 Å². The van der Waals surface area contributed by atoms with Crippen molar-refractivity contribution in [3.8, 4) is 5.75 Å². The molecule has 0 saturated heterocycles. The zero-order valence-electron chi connectivity index (χ0n) is 14.5. The molecule has 128 valence electrons. The summed E-state index contributed by atoms with van der Waals surface area (Å²) in [6, 6.07) is 16.9. The van der Waals surface area contributed by atoms with Crippen LogP contribution in [0.4, 0.5) is 5.69 Å². The molecule has 0 spiro atoms. The van der Waals surface area contributed by atoms with E-state index < -0.39 is 0 Å². The van der Waals surface area contributed by atoms with Gasteiger partial charge >= 0.3 is 0 Å². The maximum absolute atomic E-state index is 12.9. The Bertz CT molecular complexity index is 1130. The maximum atomic E-state index is 12.9. The van der Waals surface area contributed by atoms with Crippen LogP contribution in [0, 0.1) is 6.92 Å². The Labute approximate surface area is 150 Å². The van der Waals surface area contributed by atoms with Crippen molar-refractivity contribution in [1.29, 1.82) is 0 Å². The topological polar surface area (TPSA) is 64.1 Å². The zero-order chi connectivity index (χ0) is 18.1. The van der Waals surface area contributed by atoms with E-state index in [1.165, 1.54) is 0 Å². The minimum atomic E-state index is -0.198. The Balaban J connectivity index is 1.74. The van der Waals surface area contributed by atoms with Gasteiger partial charge in [0.15, 0.2) is 0 Å². The average Bonchev–Trinajstić information content (AvgIpc) is 2.67. The number of aryl methyl sites for hydroxylation is 1. The number of amides is 1. The predicted molar refractivity (Wildman–Crippen MR) is 103 cm³/mol. The van der Waals surface area contributed by atoms with Gasteiger partial charge in [-0.3, -0.25) is 14.8 Å².